The fraction of sp³-hybridized carbons (Fsp3) is 0.0909. The highest BCUT2D eigenvalue weighted by molar-refractivity contribution is 5.86. The van der Waals surface area contributed by atoms with Crippen LogP contribution >= 0.6 is 0 Å². The summed E-state index contributed by atoms with van der Waals surface area (Å²) in [6, 6.07) is 6.52. The minimum Gasteiger partial charge on any atom is -0.508 e. The van der Waals surface area contributed by atoms with E-state index in [4.69, 9.17) is 5.11 Å². The van der Waals surface area contributed by atoms with Crippen molar-refractivity contribution in [3.8, 4) is 17.1 Å². The zero-order chi connectivity index (χ0) is 11.7. The van der Waals surface area contributed by atoms with Crippen LogP contribution in [0.5, 0.6) is 5.75 Å². The molecule has 0 aliphatic rings. The van der Waals surface area contributed by atoms with Crippen molar-refractivity contribution in [2.45, 2.75) is 0 Å². The number of carbonyl (C=O) groups is 1. The molecule has 0 atom stereocenters. The van der Waals surface area contributed by atoms with E-state index in [0.717, 1.165) is 0 Å². The highest BCUT2D eigenvalue weighted by Crippen LogP contribution is 2.22. The molecule has 0 spiro atoms. The normalized spacial score (nSPS) is 10.3. The lowest BCUT2D eigenvalue weighted by atomic mass is 10.2. The lowest BCUT2D eigenvalue weighted by molar-refractivity contribution is 0.0691. The number of aromatic hydroxyl groups is 1. The number of nitrogens with zero attached hydrogens (tertiary/aromatic N) is 2. The number of benzene rings is 1. The van der Waals surface area contributed by atoms with E-state index < -0.39 is 5.97 Å². The number of aryl methyl sites for hydroxylation is 1. The third-order valence-corrected chi connectivity index (χ3v) is 2.20. The second-order valence-electron chi connectivity index (χ2n) is 3.42. The number of aromatic nitrogens is 2. The zero-order valence-electron chi connectivity index (χ0n) is 8.58. The number of phenols is 1. The first-order valence-electron chi connectivity index (χ1n) is 4.64. The van der Waals surface area contributed by atoms with Crippen molar-refractivity contribution >= 4 is 5.97 Å². The summed E-state index contributed by atoms with van der Waals surface area (Å²) >= 11 is 0. The van der Waals surface area contributed by atoms with E-state index in [0.29, 0.717) is 11.4 Å². The summed E-state index contributed by atoms with van der Waals surface area (Å²) in [6.07, 6.45) is 1.43. The number of aromatic carboxylic acids is 1. The second-order valence-corrected chi connectivity index (χ2v) is 3.42. The van der Waals surface area contributed by atoms with Gasteiger partial charge in [-0.1, -0.05) is 12.1 Å². The Morgan fingerprint density at radius 1 is 1.44 bits per heavy atom. The van der Waals surface area contributed by atoms with E-state index in [9.17, 15) is 9.90 Å². The van der Waals surface area contributed by atoms with Crippen LogP contribution in [-0.2, 0) is 7.05 Å². The van der Waals surface area contributed by atoms with Crippen molar-refractivity contribution in [1.29, 1.82) is 0 Å². The predicted octanol–water partition coefficient (Wildman–Crippen LogP) is 1.49. The van der Waals surface area contributed by atoms with Crippen LogP contribution in [0.3, 0.4) is 0 Å². The van der Waals surface area contributed by atoms with E-state index >= 15 is 0 Å². The molecule has 5 heteroatoms. The summed E-state index contributed by atoms with van der Waals surface area (Å²) in [5.74, 6) is -0.437. The number of phenolic OH excluding ortho intramolecular Hbond substituents is 1. The Morgan fingerprint density at radius 2 is 2.19 bits per heavy atom. The number of carboxylic acid groups (broad SMARTS) is 1. The summed E-state index contributed by atoms with van der Waals surface area (Å²) < 4.78 is 1.61. The van der Waals surface area contributed by atoms with Gasteiger partial charge in [-0.15, -0.1) is 0 Å². The molecule has 0 fully saturated rings. The Morgan fingerprint density at radius 3 is 2.75 bits per heavy atom. The molecule has 0 unspecified atom stereocenters. The lowest BCUT2D eigenvalue weighted by Gasteiger charge is -2.01. The van der Waals surface area contributed by atoms with Gasteiger partial charge < -0.3 is 14.8 Å². The quantitative estimate of drug-likeness (QED) is 0.800. The Balaban J connectivity index is 2.52. The van der Waals surface area contributed by atoms with Crippen LogP contribution in [-0.4, -0.2) is 25.7 Å². The molecular formula is C11H10N2O3. The minimum absolute atomic E-state index is 0.0131. The largest absolute Gasteiger partial charge is 0.508 e. The maximum Gasteiger partial charge on any atom is 0.356 e. The first-order valence-corrected chi connectivity index (χ1v) is 4.64. The van der Waals surface area contributed by atoms with Gasteiger partial charge in [0.2, 0.25) is 0 Å². The standard InChI is InChI=1S/C11H10N2O3/c1-13-6-9(11(15)16)12-10(13)7-3-2-4-8(14)5-7/h2-6,14H,1H3,(H,15,16). The number of imidazole rings is 1. The van der Waals surface area contributed by atoms with Gasteiger partial charge in [-0.3, -0.25) is 0 Å². The average Bonchev–Trinajstić information content (AvgIpc) is 2.60. The van der Waals surface area contributed by atoms with Gasteiger partial charge in [-0.2, -0.15) is 0 Å². The maximum atomic E-state index is 10.7. The molecule has 0 saturated carbocycles. The summed E-state index contributed by atoms with van der Waals surface area (Å²) in [6.45, 7) is 0. The number of hydrogen-bond acceptors (Lipinski definition) is 3. The van der Waals surface area contributed by atoms with Crippen molar-refractivity contribution in [1.82, 2.24) is 9.55 Å². The smallest absolute Gasteiger partial charge is 0.356 e. The van der Waals surface area contributed by atoms with E-state index in [1.165, 1.54) is 12.3 Å². The van der Waals surface area contributed by atoms with Gasteiger partial charge in [-0.25, -0.2) is 9.78 Å². The van der Waals surface area contributed by atoms with Crippen molar-refractivity contribution in [3.05, 3.63) is 36.2 Å². The Hall–Kier alpha value is -2.30. The van der Waals surface area contributed by atoms with E-state index in [2.05, 4.69) is 4.98 Å². The van der Waals surface area contributed by atoms with Gasteiger partial charge in [-0.05, 0) is 12.1 Å². The first kappa shape index (κ1) is 10.2. The molecule has 0 aliphatic carbocycles. The van der Waals surface area contributed by atoms with Crippen LogP contribution in [0.2, 0.25) is 0 Å². The molecule has 16 heavy (non-hydrogen) atoms. The topological polar surface area (TPSA) is 75.4 Å². The van der Waals surface area contributed by atoms with Gasteiger partial charge >= 0.3 is 5.97 Å². The highest BCUT2D eigenvalue weighted by Gasteiger charge is 2.12. The molecule has 0 radical (unpaired) electrons. The third-order valence-electron chi connectivity index (χ3n) is 2.20. The second kappa shape index (κ2) is 3.69. The van der Waals surface area contributed by atoms with Gasteiger partial charge in [0.15, 0.2) is 5.69 Å². The fourth-order valence-corrected chi connectivity index (χ4v) is 1.48. The first-order chi connectivity index (χ1) is 7.58. The van der Waals surface area contributed by atoms with Crippen molar-refractivity contribution in [3.63, 3.8) is 0 Å². The van der Waals surface area contributed by atoms with Crippen molar-refractivity contribution in [2.24, 2.45) is 7.05 Å². The van der Waals surface area contributed by atoms with Crippen LogP contribution < -0.4 is 0 Å². The molecule has 5 nitrogen and oxygen atoms in total. The molecule has 2 N–H and O–H groups in total. The fourth-order valence-electron chi connectivity index (χ4n) is 1.48. The number of rotatable bonds is 2. The SMILES string of the molecule is Cn1cc(C(=O)O)nc1-c1cccc(O)c1. The molecule has 0 bridgehead atoms. The average molecular weight is 218 g/mol. The molecular weight excluding hydrogens is 208 g/mol. The molecule has 1 heterocycles. The Labute approximate surface area is 91.6 Å². The number of hydrogen-bond donors (Lipinski definition) is 2. The predicted molar refractivity (Wildman–Crippen MR) is 57.3 cm³/mol. The van der Waals surface area contributed by atoms with Crippen LogP contribution in [0.15, 0.2) is 30.5 Å². The van der Waals surface area contributed by atoms with Crippen LogP contribution in [0, 0.1) is 0 Å². The van der Waals surface area contributed by atoms with Crippen LogP contribution in [0.4, 0.5) is 0 Å². The van der Waals surface area contributed by atoms with Crippen molar-refractivity contribution in [2.75, 3.05) is 0 Å². The summed E-state index contributed by atoms with van der Waals surface area (Å²) in [4.78, 5) is 14.7. The lowest BCUT2D eigenvalue weighted by Crippen LogP contribution is -1.95. The molecule has 1 aromatic carbocycles. The zero-order valence-corrected chi connectivity index (χ0v) is 8.58. The van der Waals surface area contributed by atoms with E-state index in [1.54, 1.807) is 29.8 Å². The highest BCUT2D eigenvalue weighted by atomic mass is 16.4. The molecule has 1 aromatic heterocycles. The van der Waals surface area contributed by atoms with Gasteiger partial charge in [0, 0.05) is 18.8 Å². The molecule has 82 valence electrons. The Bertz CT molecular complexity index is 546. The maximum absolute atomic E-state index is 10.7. The van der Waals surface area contributed by atoms with Gasteiger partial charge in [0.1, 0.15) is 11.6 Å². The van der Waals surface area contributed by atoms with Crippen molar-refractivity contribution < 1.29 is 15.0 Å². The van der Waals surface area contributed by atoms with Crippen LogP contribution in [0.25, 0.3) is 11.4 Å². The summed E-state index contributed by atoms with van der Waals surface area (Å²) in [5.41, 5.74) is 0.663. The van der Waals surface area contributed by atoms with Gasteiger partial charge in [0.05, 0.1) is 0 Å². The Kier molecular flexibility index (Phi) is 2.36. The molecule has 0 amide bonds. The van der Waals surface area contributed by atoms with Crippen LogP contribution in [0.1, 0.15) is 10.5 Å². The summed E-state index contributed by atoms with van der Waals surface area (Å²) in [5, 5.41) is 18.1. The third kappa shape index (κ3) is 1.75. The molecule has 0 aliphatic heterocycles. The molecule has 0 saturated heterocycles. The molecule has 2 rings (SSSR count). The van der Waals surface area contributed by atoms with E-state index in [1.807, 2.05) is 0 Å². The monoisotopic (exact) mass is 218 g/mol. The summed E-state index contributed by atoms with van der Waals surface area (Å²) in [7, 11) is 1.71. The molecule has 2 aromatic rings. The minimum atomic E-state index is -1.07. The van der Waals surface area contributed by atoms with Gasteiger partial charge in [0.25, 0.3) is 0 Å². The number of carboxylic acids is 1. The van der Waals surface area contributed by atoms with E-state index in [-0.39, 0.29) is 11.4 Å².